The van der Waals surface area contributed by atoms with Gasteiger partial charge in [0.1, 0.15) is 17.4 Å². The molecular weight excluding hydrogens is 376 g/mol. The lowest BCUT2D eigenvalue weighted by Crippen LogP contribution is -2.47. The molecule has 1 aromatic carbocycles. The first kappa shape index (κ1) is 19.2. The van der Waals surface area contributed by atoms with Gasteiger partial charge in [0.05, 0.1) is 12.8 Å². The number of nitrogens with zero attached hydrogens (tertiary/aromatic N) is 4. The second-order valence-corrected chi connectivity index (χ2v) is 8.10. The standard InChI is InChI=1S/C23H30N6O/c1-2-30-19-10-8-17(9-11-19)26-23-20-7-3-4-15-28(18-6-5-13-24-16-18)22(20)27-21-12-14-25-29(21)23/h8-12,14,18,24,26H,2-7,13,15-16H2,1H3/t18-/m0/s1. The zero-order valence-corrected chi connectivity index (χ0v) is 17.6. The summed E-state index contributed by atoms with van der Waals surface area (Å²) in [6.07, 6.45) is 7.64. The zero-order chi connectivity index (χ0) is 20.3. The highest BCUT2D eigenvalue weighted by atomic mass is 16.5. The van der Waals surface area contributed by atoms with Gasteiger partial charge in [-0.1, -0.05) is 0 Å². The molecule has 7 nitrogen and oxygen atoms in total. The van der Waals surface area contributed by atoms with Crippen LogP contribution < -0.4 is 20.3 Å². The Morgan fingerprint density at radius 3 is 2.87 bits per heavy atom. The molecule has 30 heavy (non-hydrogen) atoms. The fourth-order valence-corrected chi connectivity index (χ4v) is 4.64. The summed E-state index contributed by atoms with van der Waals surface area (Å²) in [5, 5.41) is 11.8. The number of rotatable bonds is 5. The van der Waals surface area contributed by atoms with Gasteiger partial charge in [0.2, 0.25) is 0 Å². The summed E-state index contributed by atoms with van der Waals surface area (Å²) in [6.45, 7) is 5.90. The minimum atomic E-state index is 0.506. The topological polar surface area (TPSA) is 66.7 Å². The van der Waals surface area contributed by atoms with Crippen LogP contribution in [0.2, 0.25) is 0 Å². The lowest BCUT2D eigenvalue weighted by Gasteiger charge is -2.36. The predicted molar refractivity (Wildman–Crippen MR) is 120 cm³/mol. The number of hydrogen-bond donors (Lipinski definition) is 2. The summed E-state index contributed by atoms with van der Waals surface area (Å²) in [6, 6.07) is 10.6. The van der Waals surface area contributed by atoms with Crippen LogP contribution in [0.5, 0.6) is 5.75 Å². The maximum Gasteiger partial charge on any atom is 0.159 e. The van der Waals surface area contributed by atoms with E-state index < -0.39 is 0 Å². The molecule has 0 saturated carbocycles. The number of ether oxygens (including phenoxy) is 1. The van der Waals surface area contributed by atoms with E-state index in [4.69, 9.17) is 9.72 Å². The molecule has 2 aliphatic heterocycles. The molecule has 1 atom stereocenters. The second kappa shape index (κ2) is 8.52. The fraction of sp³-hybridized carbons (Fsp3) is 0.478. The molecule has 3 aromatic rings. The van der Waals surface area contributed by atoms with Crippen LogP contribution in [-0.4, -0.2) is 46.9 Å². The number of hydrogen-bond acceptors (Lipinski definition) is 6. The van der Waals surface area contributed by atoms with Crippen molar-refractivity contribution in [3.05, 3.63) is 42.1 Å². The minimum absolute atomic E-state index is 0.506. The van der Waals surface area contributed by atoms with E-state index in [9.17, 15) is 0 Å². The Bertz CT molecular complexity index is 993. The molecule has 5 rings (SSSR count). The Labute approximate surface area is 177 Å². The van der Waals surface area contributed by atoms with Crippen LogP contribution in [0.3, 0.4) is 0 Å². The first-order valence-corrected chi connectivity index (χ1v) is 11.2. The predicted octanol–water partition coefficient (Wildman–Crippen LogP) is 3.77. The number of anilines is 3. The molecule has 4 heterocycles. The average molecular weight is 407 g/mol. The van der Waals surface area contributed by atoms with Crippen LogP contribution in [0, 0.1) is 0 Å². The van der Waals surface area contributed by atoms with Gasteiger partial charge in [-0.05, 0) is 69.8 Å². The van der Waals surface area contributed by atoms with E-state index in [1.807, 2.05) is 35.8 Å². The third-order valence-electron chi connectivity index (χ3n) is 6.10. The van der Waals surface area contributed by atoms with Crippen molar-refractivity contribution in [2.45, 2.75) is 45.1 Å². The van der Waals surface area contributed by atoms with E-state index >= 15 is 0 Å². The van der Waals surface area contributed by atoms with Crippen LogP contribution in [0.4, 0.5) is 17.3 Å². The number of benzene rings is 1. The van der Waals surface area contributed by atoms with Gasteiger partial charge in [0, 0.05) is 36.4 Å². The van der Waals surface area contributed by atoms with E-state index in [0.717, 1.165) is 61.2 Å². The summed E-state index contributed by atoms with van der Waals surface area (Å²) >= 11 is 0. The Kier molecular flexibility index (Phi) is 5.45. The van der Waals surface area contributed by atoms with Crippen LogP contribution in [0.25, 0.3) is 5.65 Å². The number of fused-ring (bicyclic) bond motifs is 2. The number of aromatic nitrogens is 3. The zero-order valence-electron chi connectivity index (χ0n) is 17.6. The van der Waals surface area contributed by atoms with Crippen molar-refractivity contribution < 1.29 is 4.74 Å². The van der Waals surface area contributed by atoms with E-state index in [-0.39, 0.29) is 0 Å². The molecule has 0 aliphatic carbocycles. The quantitative estimate of drug-likeness (QED) is 0.672. The smallest absolute Gasteiger partial charge is 0.159 e. The average Bonchev–Trinajstić information content (AvgIpc) is 3.15. The molecule has 1 fully saturated rings. The molecule has 0 spiro atoms. The lowest BCUT2D eigenvalue weighted by atomic mass is 10.1. The molecular formula is C23H30N6O. The van der Waals surface area contributed by atoms with Crippen LogP contribution in [0.1, 0.15) is 38.2 Å². The number of piperidine rings is 1. The summed E-state index contributed by atoms with van der Waals surface area (Å²) in [7, 11) is 0. The van der Waals surface area contributed by atoms with Crippen molar-refractivity contribution >= 4 is 23.0 Å². The minimum Gasteiger partial charge on any atom is -0.494 e. The lowest BCUT2D eigenvalue weighted by molar-refractivity contribution is 0.340. The highest BCUT2D eigenvalue weighted by molar-refractivity contribution is 5.71. The third-order valence-corrected chi connectivity index (χ3v) is 6.10. The van der Waals surface area contributed by atoms with E-state index in [2.05, 4.69) is 32.8 Å². The molecule has 2 aromatic heterocycles. The fourth-order valence-electron chi connectivity index (χ4n) is 4.64. The molecule has 0 radical (unpaired) electrons. The highest BCUT2D eigenvalue weighted by Crippen LogP contribution is 2.35. The van der Waals surface area contributed by atoms with E-state index in [1.165, 1.54) is 24.8 Å². The van der Waals surface area contributed by atoms with Gasteiger partial charge < -0.3 is 20.3 Å². The highest BCUT2D eigenvalue weighted by Gasteiger charge is 2.28. The molecule has 2 aliphatic rings. The van der Waals surface area contributed by atoms with Gasteiger partial charge in [0.15, 0.2) is 5.65 Å². The van der Waals surface area contributed by atoms with Crippen molar-refractivity contribution in [3.63, 3.8) is 0 Å². The normalized spacial score (nSPS) is 19.4. The molecule has 1 saturated heterocycles. The van der Waals surface area contributed by atoms with Crippen LogP contribution >= 0.6 is 0 Å². The van der Waals surface area contributed by atoms with Crippen molar-refractivity contribution in [2.75, 3.05) is 36.5 Å². The summed E-state index contributed by atoms with van der Waals surface area (Å²) in [5.74, 6) is 3.04. The summed E-state index contributed by atoms with van der Waals surface area (Å²) in [5.41, 5.74) is 3.18. The van der Waals surface area contributed by atoms with Gasteiger partial charge in [-0.15, -0.1) is 0 Å². The molecule has 7 heteroatoms. The van der Waals surface area contributed by atoms with Gasteiger partial charge in [-0.25, -0.2) is 4.98 Å². The van der Waals surface area contributed by atoms with Gasteiger partial charge in [0.25, 0.3) is 0 Å². The number of nitrogens with one attached hydrogen (secondary N) is 2. The monoisotopic (exact) mass is 406 g/mol. The second-order valence-electron chi connectivity index (χ2n) is 8.10. The van der Waals surface area contributed by atoms with Gasteiger partial charge >= 0.3 is 0 Å². The van der Waals surface area contributed by atoms with Crippen molar-refractivity contribution in [1.29, 1.82) is 0 Å². The maximum atomic E-state index is 5.59. The first-order chi connectivity index (χ1) is 14.8. The Morgan fingerprint density at radius 1 is 1.17 bits per heavy atom. The largest absolute Gasteiger partial charge is 0.494 e. The SMILES string of the molecule is CCOc1ccc(Nc2c3c(nc4ccnn24)N([C@H]2CCCNC2)CCCC3)cc1. The van der Waals surface area contributed by atoms with Crippen LogP contribution in [0.15, 0.2) is 36.5 Å². The van der Waals surface area contributed by atoms with Crippen molar-refractivity contribution in [1.82, 2.24) is 19.9 Å². The summed E-state index contributed by atoms with van der Waals surface area (Å²) < 4.78 is 7.53. The Hall–Kier alpha value is -2.80. The Balaban J connectivity index is 1.55. The summed E-state index contributed by atoms with van der Waals surface area (Å²) in [4.78, 5) is 7.62. The molecule has 0 amide bonds. The van der Waals surface area contributed by atoms with Crippen LogP contribution in [-0.2, 0) is 6.42 Å². The molecule has 0 unspecified atom stereocenters. The van der Waals surface area contributed by atoms with Crippen molar-refractivity contribution in [2.24, 2.45) is 0 Å². The third kappa shape index (κ3) is 3.69. The molecule has 0 bridgehead atoms. The van der Waals surface area contributed by atoms with Gasteiger partial charge in [-0.3, -0.25) is 0 Å². The van der Waals surface area contributed by atoms with E-state index in [1.54, 1.807) is 0 Å². The maximum absolute atomic E-state index is 5.59. The Morgan fingerprint density at radius 2 is 2.07 bits per heavy atom. The van der Waals surface area contributed by atoms with E-state index in [0.29, 0.717) is 12.6 Å². The first-order valence-electron chi connectivity index (χ1n) is 11.2. The molecule has 2 N–H and O–H groups in total. The molecule has 158 valence electrons. The van der Waals surface area contributed by atoms with Crippen molar-refractivity contribution in [3.8, 4) is 5.75 Å². The van der Waals surface area contributed by atoms with Gasteiger partial charge in [-0.2, -0.15) is 9.61 Å².